The van der Waals surface area contributed by atoms with Crippen LogP contribution in [0.4, 0.5) is 0 Å². The third-order valence-electron chi connectivity index (χ3n) is 3.22. The van der Waals surface area contributed by atoms with E-state index in [0.29, 0.717) is 5.92 Å². The Labute approximate surface area is 118 Å². The van der Waals surface area contributed by atoms with E-state index >= 15 is 0 Å². The molecule has 0 spiro atoms. The molecule has 0 radical (unpaired) electrons. The number of hydrogen-bond acceptors (Lipinski definition) is 0. The van der Waals surface area contributed by atoms with Crippen LogP contribution in [0.1, 0.15) is 37.8 Å². The fourth-order valence-corrected chi connectivity index (χ4v) is 3.01. The summed E-state index contributed by atoms with van der Waals surface area (Å²) >= 11 is 3.69. The fraction of sp³-hybridized carbons (Fsp3) is 0.294. The molecule has 94 valence electrons. The molecule has 0 aromatic heterocycles. The van der Waals surface area contributed by atoms with E-state index in [2.05, 4.69) is 91.3 Å². The summed E-state index contributed by atoms with van der Waals surface area (Å²) in [4.78, 5) is 0. The van der Waals surface area contributed by atoms with Gasteiger partial charge in [0, 0.05) is 10.4 Å². The summed E-state index contributed by atoms with van der Waals surface area (Å²) in [5, 5.41) is 0. The molecule has 0 aliphatic carbocycles. The Hall–Kier alpha value is -1.08. The molecular weight excluding hydrogens is 284 g/mol. The Bertz CT molecular complexity index is 509. The Balaban J connectivity index is 2.55. The highest BCUT2D eigenvalue weighted by Gasteiger charge is 2.28. The van der Waals surface area contributed by atoms with Gasteiger partial charge in [-0.2, -0.15) is 0 Å². The molecule has 0 saturated carbocycles. The zero-order valence-electron chi connectivity index (χ0n) is 11.2. The maximum Gasteiger partial charge on any atom is 0.0213 e. The summed E-state index contributed by atoms with van der Waals surface area (Å²) in [6.45, 7) is 6.89. The lowest BCUT2D eigenvalue weighted by molar-refractivity contribution is 0.358. The van der Waals surface area contributed by atoms with Gasteiger partial charge < -0.3 is 0 Å². The number of halogens is 1. The SMILES string of the molecule is CC(C)(C)C(c1ccccc1)c1ccccc1Br. The molecule has 2 rings (SSSR count). The standard InChI is InChI=1S/C17H19Br/c1-17(2,3)16(13-9-5-4-6-10-13)14-11-7-8-12-15(14)18/h4-12,16H,1-3H3. The molecule has 0 aliphatic rings. The molecule has 0 amide bonds. The Kier molecular flexibility index (Phi) is 3.91. The van der Waals surface area contributed by atoms with E-state index in [1.165, 1.54) is 15.6 Å². The van der Waals surface area contributed by atoms with Crippen molar-refractivity contribution < 1.29 is 0 Å². The monoisotopic (exact) mass is 302 g/mol. The molecule has 0 bridgehead atoms. The topological polar surface area (TPSA) is 0 Å². The van der Waals surface area contributed by atoms with E-state index in [-0.39, 0.29) is 5.41 Å². The van der Waals surface area contributed by atoms with Gasteiger partial charge in [-0.15, -0.1) is 0 Å². The second-order valence-electron chi connectivity index (χ2n) is 5.73. The molecule has 18 heavy (non-hydrogen) atoms. The highest BCUT2D eigenvalue weighted by Crippen LogP contribution is 2.42. The predicted molar refractivity (Wildman–Crippen MR) is 81.9 cm³/mol. The van der Waals surface area contributed by atoms with Gasteiger partial charge >= 0.3 is 0 Å². The molecule has 0 nitrogen and oxygen atoms in total. The smallest absolute Gasteiger partial charge is 0.0213 e. The zero-order valence-corrected chi connectivity index (χ0v) is 12.7. The first-order valence-corrected chi connectivity index (χ1v) is 7.09. The number of rotatable bonds is 2. The lowest BCUT2D eigenvalue weighted by Crippen LogP contribution is -2.20. The molecule has 1 atom stereocenters. The molecule has 0 saturated heterocycles. The van der Waals surface area contributed by atoms with Crippen molar-refractivity contribution in [2.75, 3.05) is 0 Å². The van der Waals surface area contributed by atoms with E-state index in [4.69, 9.17) is 0 Å². The largest absolute Gasteiger partial charge is 0.0622 e. The molecular formula is C17H19Br. The van der Waals surface area contributed by atoms with Crippen LogP contribution in [0.5, 0.6) is 0 Å². The van der Waals surface area contributed by atoms with Gasteiger partial charge in [0.15, 0.2) is 0 Å². The van der Waals surface area contributed by atoms with Crippen LogP contribution in [-0.2, 0) is 0 Å². The van der Waals surface area contributed by atoms with Crippen LogP contribution in [0, 0.1) is 5.41 Å². The highest BCUT2D eigenvalue weighted by atomic mass is 79.9. The first-order chi connectivity index (χ1) is 8.50. The fourth-order valence-electron chi connectivity index (χ4n) is 2.50. The van der Waals surface area contributed by atoms with Crippen molar-refractivity contribution in [3.05, 3.63) is 70.2 Å². The zero-order chi connectivity index (χ0) is 13.2. The van der Waals surface area contributed by atoms with Gasteiger partial charge in [-0.1, -0.05) is 85.2 Å². The van der Waals surface area contributed by atoms with Crippen LogP contribution in [-0.4, -0.2) is 0 Å². The van der Waals surface area contributed by atoms with Crippen molar-refractivity contribution in [2.45, 2.75) is 26.7 Å². The summed E-state index contributed by atoms with van der Waals surface area (Å²) in [5.41, 5.74) is 2.92. The molecule has 1 unspecified atom stereocenters. The van der Waals surface area contributed by atoms with Crippen LogP contribution in [0.3, 0.4) is 0 Å². The van der Waals surface area contributed by atoms with Crippen molar-refractivity contribution in [1.82, 2.24) is 0 Å². The summed E-state index contributed by atoms with van der Waals surface area (Å²) in [6, 6.07) is 19.3. The van der Waals surface area contributed by atoms with Crippen LogP contribution in [0.2, 0.25) is 0 Å². The van der Waals surface area contributed by atoms with Crippen molar-refractivity contribution in [3.63, 3.8) is 0 Å². The van der Waals surface area contributed by atoms with Crippen molar-refractivity contribution >= 4 is 15.9 Å². The van der Waals surface area contributed by atoms with E-state index in [0.717, 1.165) is 0 Å². The molecule has 2 aromatic carbocycles. The van der Waals surface area contributed by atoms with Gasteiger partial charge in [-0.3, -0.25) is 0 Å². The molecule has 2 aromatic rings. The van der Waals surface area contributed by atoms with E-state index in [1.54, 1.807) is 0 Å². The number of hydrogen-bond donors (Lipinski definition) is 0. The normalized spacial score (nSPS) is 13.3. The average molecular weight is 303 g/mol. The number of benzene rings is 2. The second-order valence-corrected chi connectivity index (χ2v) is 6.59. The Morgan fingerprint density at radius 1 is 0.833 bits per heavy atom. The van der Waals surface area contributed by atoms with E-state index < -0.39 is 0 Å². The summed E-state index contributed by atoms with van der Waals surface area (Å²) in [6.07, 6.45) is 0. The molecule has 0 N–H and O–H groups in total. The van der Waals surface area contributed by atoms with Crippen molar-refractivity contribution in [3.8, 4) is 0 Å². The first kappa shape index (κ1) is 13.4. The molecule has 0 aliphatic heterocycles. The maximum absolute atomic E-state index is 3.69. The molecule has 1 heteroatoms. The summed E-state index contributed by atoms with van der Waals surface area (Å²) < 4.78 is 1.19. The van der Waals surface area contributed by atoms with Crippen LogP contribution in [0.15, 0.2) is 59.1 Å². The third-order valence-corrected chi connectivity index (χ3v) is 3.94. The Morgan fingerprint density at radius 3 is 1.94 bits per heavy atom. The van der Waals surface area contributed by atoms with Gasteiger partial charge in [-0.25, -0.2) is 0 Å². The van der Waals surface area contributed by atoms with Gasteiger partial charge in [0.05, 0.1) is 0 Å². The minimum atomic E-state index is 0.186. The second kappa shape index (κ2) is 5.27. The van der Waals surface area contributed by atoms with Crippen molar-refractivity contribution in [2.24, 2.45) is 5.41 Å². The van der Waals surface area contributed by atoms with Crippen LogP contribution in [0.25, 0.3) is 0 Å². The van der Waals surface area contributed by atoms with Crippen LogP contribution >= 0.6 is 15.9 Å². The van der Waals surface area contributed by atoms with Crippen LogP contribution < -0.4 is 0 Å². The average Bonchev–Trinajstić information content (AvgIpc) is 2.32. The van der Waals surface area contributed by atoms with Gasteiger partial charge in [0.25, 0.3) is 0 Å². The lowest BCUT2D eigenvalue weighted by atomic mass is 9.72. The van der Waals surface area contributed by atoms with E-state index in [1.807, 2.05) is 0 Å². The van der Waals surface area contributed by atoms with Gasteiger partial charge in [-0.05, 0) is 22.6 Å². The first-order valence-electron chi connectivity index (χ1n) is 6.29. The predicted octanol–water partition coefficient (Wildman–Crippen LogP) is 5.63. The highest BCUT2D eigenvalue weighted by molar-refractivity contribution is 9.10. The van der Waals surface area contributed by atoms with Gasteiger partial charge in [0.2, 0.25) is 0 Å². The Morgan fingerprint density at radius 2 is 1.39 bits per heavy atom. The van der Waals surface area contributed by atoms with Crippen molar-refractivity contribution in [1.29, 1.82) is 0 Å². The lowest BCUT2D eigenvalue weighted by Gasteiger charge is -2.32. The maximum atomic E-state index is 3.69. The minimum Gasteiger partial charge on any atom is -0.0622 e. The van der Waals surface area contributed by atoms with Gasteiger partial charge in [0.1, 0.15) is 0 Å². The molecule has 0 heterocycles. The summed E-state index contributed by atoms with van der Waals surface area (Å²) in [7, 11) is 0. The summed E-state index contributed by atoms with van der Waals surface area (Å²) in [5.74, 6) is 0.397. The quantitative estimate of drug-likeness (QED) is 0.674. The molecule has 0 fully saturated rings. The third kappa shape index (κ3) is 2.84. The minimum absolute atomic E-state index is 0.186. The van der Waals surface area contributed by atoms with E-state index in [9.17, 15) is 0 Å².